The quantitative estimate of drug-likeness (QED) is 0.631. The number of nitrogens with zero attached hydrogens (tertiary/aromatic N) is 1. The summed E-state index contributed by atoms with van der Waals surface area (Å²) in [6.07, 6.45) is 8.92. The molecule has 92 valence electrons. The lowest BCUT2D eigenvalue weighted by Gasteiger charge is -2.05. The van der Waals surface area contributed by atoms with Crippen molar-refractivity contribution in [3.8, 4) is 0 Å². The molecule has 0 bridgehead atoms. The topological polar surface area (TPSA) is 4.93 Å². The van der Waals surface area contributed by atoms with E-state index in [2.05, 4.69) is 57.9 Å². The maximum Gasteiger partial charge on any atom is 0.0481 e. The lowest BCUT2D eigenvalue weighted by Crippen LogP contribution is -1.95. The molecule has 2 rings (SSSR count). The first-order valence-corrected chi connectivity index (χ1v) is 7.35. The van der Waals surface area contributed by atoms with E-state index in [9.17, 15) is 0 Å². The molecule has 17 heavy (non-hydrogen) atoms. The Morgan fingerprint density at radius 2 is 1.88 bits per heavy atom. The van der Waals surface area contributed by atoms with E-state index in [1.165, 1.54) is 43.0 Å². The molecule has 1 aromatic carbocycles. The molecule has 0 atom stereocenters. The highest BCUT2D eigenvalue weighted by molar-refractivity contribution is 9.10. The molecule has 0 aliphatic carbocycles. The normalized spacial score (nSPS) is 11.2. The largest absolute Gasteiger partial charge is 0.347 e. The molecule has 1 aromatic heterocycles. The van der Waals surface area contributed by atoms with Crippen molar-refractivity contribution in [2.75, 3.05) is 0 Å². The fourth-order valence-electron chi connectivity index (χ4n) is 2.25. The van der Waals surface area contributed by atoms with Crippen LogP contribution in [0, 0.1) is 0 Å². The minimum atomic E-state index is 1.15. The number of unbranched alkanes of at least 4 members (excludes halogenated alkanes) is 4. The lowest BCUT2D eigenvalue weighted by molar-refractivity contribution is 0.577. The number of aromatic nitrogens is 1. The van der Waals surface area contributed by atoms with Gasteiger partial charge in [-0.25, -0.2) is 0 Å². The van der Waals surface area contributed by atoms with E-state index in [0.717, 1.165) is 11.0 Å². The predicted octanol–water partition coefficient (Wildman–Crippen LogP) is 5.37. The molecular weight excluding hydrogens is 274 g/mol. The van der Waals surface area contributed by atoms with E-state index in [-0.39, 0.29) is 0 Å². The number of hydrogen-bond donors (Lipinski definition) is 0. The van der Waals surface area contributed by atoms with Gasteiger partial charge in [0.1, 0.15) is 0 Å². The Balaban J connectivity index is 1.95. The smallest absolute Gasteiger partial charge is 0.0481 e. The Kier molecular flexibility index (Phi) is 4.66. The van der Waals surface area contributed by atoms with Crippen LogP contribution >= 0.6 is 15.9 Å². The molecule has 0 fully saturated rings. The average Bonchev–Trinajstić information content (AvgIpc) is 2.71. The molecule has 2 heteroatoms. The van der Waals surface area contributed by atoms with E-state index in [0.29, 0.717) is 0 Å². The van der Waals surface area contributed by atoms with Crippen LogP contribution in [0.5, 0.6) is 0 Å². The zero-order chi connectivity index (χ0) is 12.1. The van der Waals surface area contributed by atoms with E-state index < -0.39 is 0 Å². The summed E-state index contributed by atoms with van der Waals surface area (Å²) in [7, 11) is 0. The zero-order valence-electron chi connectivity index (χ0n) is 10.5. The summed E-state index contributed by atoms with van der Waals surface area (Å²) in [6.45, 7) is 3.41. The summed E-state index contributed by atoms with van der Waals surface area (Å²) >= 11 is 3.51. The maximum absolute atomic E-state index is 3.51. The van der Waals surface area contributed by atoms with Crippen molar-refractivity contribution in [3.63, 3.8) is 0 Å². The Bertz CT molecular complexity index is 473. The highest BCUT2D eigenvalue weighted by atomic mass is 79.9. The number of aryl methyl sites for hydroxylation is 1. The predicted molar refractivity (Wildman–Crippen MR) is 78.4 cm³/mol. The minimum absolute atomic E-state index is 1.15. The second kappa shape index (κ2) is 6.25. The number of rotatable bonds is 6. The van der Waals surface area contributed by atoms with Crippen LogP contribution in [-0.2, 0) is 6.54 Å². The van der Waals surface area contributed by atoms with Crippen LogP contribution in [-0.4, -0.2) is 4.57 Å². The van der Waals surface area contributed by atoms with Crippen LogP contribution in [0.4, 0.5) is 0 Å². The van der Waals surface area contributed by atoms with Gasteiger partial charge in [-0.15, -0.1) is 0 Å². The van der Waals surface area contributed by atoms with E-state index in [1.54, 1.807) is 0 Å². The van der Waals surface area contributed by atoms with Crippen LogP contribution in [0.25, 0.3) is 10.9 Å². The first-order valence-electron chi connectivity index (χ1n) is 6.55. The van der Waals surface area contributed by atoms with Gasteiger partial charge in [0, 0.05) is 28.1 Å². The third kappa shape index (κ3) is 3.35. The van der Waals surface area contributed by atoms with Gasteiger partial charge in [0.05, 0.1) is 0 Å². The van der Waals surface area contributed by atoms with Crippen molar-refractivity contribution in [1.29, 1.82) is 0 Å². The third-order valence-electron chi connectivity index (χ3n) is 3.24. The molecule has 1 nitrogen and oxygen atoms in total. The monoisotopic (exact) mass is 293 g/mol. The molecule has 0 amide bonds. The Hall–Kier alpha value is -0.760. The van der Waals surface area contributed by atoms with E-state index in [1.807, 2.05) is 0 Å². The van der Waals surface area contributed by atoms with E-state index in [4.69, 9.17) is 0 Å². The molecular formula is C15H20BrN. The summed E-state index contributed by atoms with van der Waals surface area (Å²) in [5.41, 5.74) is 1.35. The fraction of sp³-hybridized carbons (Fsp3) is 0.467. The molecule has 0 saturated carbocycles. The summed E-state index contributed by atoms with van der Waals surface area (Å²) < 4.78 is 3.53. The molecule has 0 N–H and O–H groups in total. The first kappa shape index (κ1) is 12.7. The van der Waals surface area contributed by atoms with Gasteiger partial charge in [0.15, 0.2) is 0 Å². The van der Waals surface area contributed by atoms with Gasteiger partial charge in [-0.1, -0.05) is 48.5 Å². The van der Waals surface area contributed by atoms with Gasteiger partial charge < -0.3 is 4.57 Å². The maximum atomic E-state index is 3.51. The number of fused-ring (bicyclic) bond motifs is 1. The van der Waals surface area contributed by atoms with Gasteiger partial charge in [0.2, 0.25) is 0 Å². The van der Waals surface area contributed by atoms with Gasteiger partial charge in [-0.3, -0.25) is 0 Å². The van der Waals surface area contributed by atoms with Crippen LogP contribution < -0.4 is 0 Å². The van der Waals surface area contributed by atoms with Crippen LogP contribution in [0.1, 0.15) is 39.0 Å². The van der Waals surface area contributed by atoms with Crippen molar-refractivity contribution >= 4 is 26.8 Å². The van der Waals surface area contributed by atoms with Crippen LogP contribution in [0.2, 0.25) is 0 Å². The number of benzene rings is 1. The Morgan fingerprint density at radius 1 is 1.06 bits per heavy atom. The Labute approximate surface area is 112 Å². The molecule has 2 aromatic rings. The molecule has 0 spiro atoms. The summed E-state index contributed by atoms with van der Waals surface area (Å²) in [4.78, 5) is 0. The van der Waals surface area contributed by atoms with Crippen molar-refractivity contribution in [3.05, 3.63) is 34.9 Å². The average molecular weight is 294 g/mol. The minimum Gasteiger partial charge on any atom is -0.347 e. The Morgan fingerprint density at radius 3 is 2.71 bits per heavy atom. The zero-order valence-corrected chi connectivity index (χ0v) is 12.0. The molecule has 0 radical (unpaired) electrons. The second-order valence-electron chi connectivity index (χ2n) is 4.63. The highest BCUT2D eigenvalue weighted by Crippen LogP contribution is 2.21. The van der Waals surface area contributed by atoms with Crippen LogP contribution in [0.15, 0.2) is 34.9 Å². The van der Waals surface area contributed by atoms with Crippen molar-refractivity contribution in [1.82, 2.24) is 4.57 Å². The molecule has 0 saturated heterocycles. The number of hydrogen-bond acceptors (Lipinski definition) is 0. The summed E-state index contributed by atoms with van der Waals surface area (Å²) in [6, 6.07) is 8.70. The van der Waals surface area contributed by atoms with E-state index >= 15 is 0 Å². The van der Waals surface area contributed by atoms with Gasteiger partial charge in [0.25, 0.3) is 0 Å². The SMILES string of the molecule is CCCCCCCn1ccc2cc(Br)ccc21. The van der Waals surface area contributed by atoms with Gasteiger partial charge in [-0.2, -0.15) is 0 Å². The number of halogens is 1. The molecule has 0 unspecified atom stereocenters. The fourth-order valence-corrected chi connectivity index (χ4v) is 2.63. The van der Waals surface area contributed by atoms with Crippen molar-refractivity contribution in [2.45, 2.75) is 45.6 Å². The standard InChI is InChI=1S/C15H20BrN/c1-2-3-4-5-6-10-17-11-9-13-12-14(16)7-8-15(13)17/h7-9,11-12H,2-6,10H2,1H3. The second-order valence-corrected chi connectivity index (χ2v) is 5.54. The van der Waals surface area contributed by atoms with Crippen LogP contribution in [0.3, 0.4) is 0 Å². The molecule has 0 aliphatic rings. The van der Waals surface area contributed by atoms with Gasteiger partial charge >= 0.3 is 0 Å². The molecule has 1 heterocycles. The summed E-state index contributed by atoms with van der Waals surface area (Å²) in [5, 5.41) is 1.33. The van der Waals surface area contributed by atoms with Crippen molar-refractivity contribution < 1.29 is 0 Å². The first-order chi connectivity index (χ1) is 8.31. The summed E-state index contributed by atoms with van der Waals surface area (Å²) in [5.74, 6) is 0. The highest BCUT2D eigenvalue weighted by Gasteiger charge is 2.00. The third-order valence-corrected chi connectivity index (χ3v) is 3.73. The lowest BCUT2D eigenvalue weighted by atomic mass is 10.1. The molecule has 0 aliphatic heterocycles. The van der Waals surface area contributed by atoms with Gasteiger partial charge in [-0.05, 0) is 30.7 Å². The van der Waals surface area contributed by atoms with Crippen molar-refractivity contribution in [2.24, 2.45) is 0 Å².